The van der Waals surface area contributed by atoms with Gasteiger partial charge in [-0.05, 0) is 30.5 Å². The van der Waals surface area contributed by atoms with Gasteiger partial charge in [-0.1, -0.05) is 25.4 Å². The van der Waals surface area contributed by atoms with Gasteiger partial charge in [0.1, 0.15) is 10.7 Å². The average Bonchev–Trinajstić information content (AvgIpc) is 2.27. The van der Waals surface area contributed by atoms with Crippen molar-refractivity contribution in [3.8, 4) is 0 Å². The summed E-state index contributed by atoms with van der Waals surface area (Å²) in [5.41, 5.74) is 0. The van der Waals surface area contributed by atoms with E-state index in [4.69, 9.17) is 16.7 Å². The maximum Gasteiger partial charge on any atom is 0.243 e. The first-order valence-electron chi connectivity index (χ1n) is 5.86. The Kier molecular flexibility index (Phi) is 5.73. The molecule has 0 amide bonds. The van der Waals surface area contributed by atoms with Gasteiger partial charge in [0, 0.05) is 17.7 Å². The molecule has 2 N–H and O–H groups in total. The quantitative estimate of drug-likeness (QED) is 0.846. The molecule has 0 fully saturated rings. The number of nitrogens with one attached hydrogen (secondary N) is 1. The van der Waals surface area contributed by atoms with Crippen molar-refractivity contribution in [2.24, 2.45) is 5.92 Å². The van der Waals surface area contributed by atoms with E-state index in [0.29, 0.717) is 0 Å². The van der Waals surface area contributed by atoms with E-state index in [1.165, 1.54) is 6.07 Å². The highest BCUT2D eigenvalue weighted by atomic mass is 35.5. The molecule has 0 radical (unpaired) electrons. The average molecular weight is 310 g/mol. The van der Waals surface area contributed by atoms with E-state index >= 15 is 0 Å². The maximum atomic E-state index is 13.6. The van der Waals surface area contributed by atoms with Crippen LogP contribution >= 0.6 is 11.6 Å². The zero-order valence-electron chi connectivity index (χ0n) is 10.7. The third-order valence-corrected chi connectivity index (χ3v) is 4.49. The third kappa shape index (κ3) is 4.42. The molecule has 0 aliphatic rings. The summed E-state index contributed by atoms with van der Waals surface area (Å²) in [4.78, 5) is -0.444. The standard InChI is InChI=1S/C12H17ClFNO3S/c1-8(2)11(5-6-16)15-19(17,18)12-4-3-9(13)7-10(12)14/h3-4,7-8,11,15-16H,5-6H2,1-2H3. The lowest BCUT2D eigenvalue weighted by Gasteiger charge is -2.21. The number of hydrogen-bond acceptors (Lipinski definition) is 3. The van der Waals surface area contributed by atoms with Crippen LogP contribution in [0.5, 0.6) is 0 Å². The Morgan fingerprint density at radius 2 is 2.05 bits per heavy atom. The summed E-state index contributed by atoms with van der Waals surface area (Å²) in [7, 11) is -3.97. The van der Waals surface area contributed by atoms with Crippen LogP contribution in [0, 0.1) is 11.7 Å². The Labute approximate surface area is 117 Å². The molecule has 0 bridgehead atoms. The Balaban J connectivity index is 3.03. The van der Waals surface area contributed by atoms with Crippen LogP contribution in [-0.2, 0) is 10.0 Å². The largest absolute Gasteiger partial charge is 0.396 e. The van der Waals surface area contributed by atoms with E-state index in [2.05, 4.69) is 4.72 Å². The maximum absolute atomic E-state index is 13.6. The molecule has 7 heteroatoms. The Bertz CT molecular complexity index is 534. The van der Waals surface area contributed by atoms with Gasteiger partial charge in [0.25, 0.3) is 0 Å². The number of benzene rings is 1. The predicted octanol–water partition coefficient (Wildman–Crippen LogP) is 2.16. The molecule has 0 aromatic heterocycles. The molecule has 0 aliphatic carbocycles. The van der Waals surface area contributed by atoms with E-state index in [9.17, 15) is 12.8 Å². The van der Waals surface area contributed by atoms with E-state index < -0.39 is 26.8 Å². The Hall–Kier alpha value is -0.690. The summed E-state index contributed by atoms with van der Waals surface area (Å²) in [5.74, 6) is -0.913. The number of aliphatic hydroxyl groups excluding tert-OH is 1. The van der Waals surface area contributed by atoms with Crippen LogP contribution in [0.4, 0.5) is 4.39 Å². The molecule has 19 heavy (non-hydrogen) atoms. The van der Waals surface area contributed by atoms with Gasteiger partial charge in [0.15, 0.2) is 0 Å². The van der Waals surface area contributed by atoms with Crippen molar-refractivity contribution in [1.29, 1.82) is 0 Å². The summed E-state index contributed by atoms with van der Waals surface area (Å²) in [6.07, 6.45) is 0.270. The first-order chi connectivity index (χ1) is 8.77. The summed E-state index contributed by atoms with van der Waals surface area (Å²) < 4.78 is 40.2. The minimum atomic E-state index is -3.97. The summed E-state index contributed by atoms with van der Waals surface area (Å²) in [6, 6.07) is 2.93. The highest BCUT2D eigenvalue weighted by molar-refractivity contribution is 7.89. The van der Waals surface area contributed by atoms with Gasteiger partial charge < -0.3 is 5.11 Å². The third-order valence-electron chi connectivity index (χ3n) is 2.73. The SMILES string of the molecule is CC(C)C(CCO)NS(=O)(=O)c1ccc(Cl)cc1F. The minimum Gasteiger partial charge on any atom is -0.396 e. The van der Waals surface area contributed by atoms with Crippen LogP contribution in [-0.4, -0.2) is 26.2 Å². The van der Waals surface area contributed by atoms with Gasteiger partial charge in [-0.15, -0.1) is 0 Å². The van der Waals surface area contributed by atoms with Crippen molar-refractivity contribution in [3.63, 3.8) is 0 Å². The smallest absolute Gasteiger partial charge is 0.243 e. The highest BCUT2D eigenvalue weighted by Gasteiger charge is 2.24. The van der Waals surface area contributed by atoms with Crippen LogP contribution in [0.3, 0.4) is 0 Å². The second-order valence-corrected chi connectivity index (χ2v) is 6.68. The first-order valence-corrected chi connectivity index (χ1v) is 7.72. The summed E-state index contributed by atoms with van der Waals surface area (Å²) in [6.45, 7) is 3.50. The lowest BCUT2D eigenvalue weighted by Crippen LogP contribution is -2.39. The molecule has 4 nitrogen and oxygen atoms in total. The normalized spacial score (nSPS) is 13.8. The molecule has 108 valence electrons. The molecule has 0 saturated carbocycles. The van der Waals surface area contributed by atoms with Gasteiger partial charge in [-0.2, -0.15) is 0 Å². The zero-order valence-corrected chi connectivity index (χ0v) is 12.3. The molecule has 1 unspecified atom stereocenters. The van der Waals surface area contributed by atoms with E-state index in [1.54, 1.807) is 0 Å². The van der Waals surface area contributed by atoms with Crippen molar-refractivity contribution < 1.29 is 17.9 Å². The Morgan fingerprint density at radius 1 is 1.42 bits per heavy atom. The van der Waals surface area contributed by atoms with E-state index in [0.717, 1.165) is 12.1 Å². The lowest BCUT2D eigenvalue weighted by molar-refractivity contribution is 0.256. The van der Waals surface area contributed by atoms with Gasteiger partial charge >= 0.3 is 0 Å². The van der Waals surface area contributed by atoms with Gasteiger partial charge in [-0.3, -0.25) is 0 Å². The molecule has 1 aromatic rings. The summed E-state index contributed by atoms with van der Waals surface area (Å²) >= 11 is 5.58. The molecular weight excluding hydrogens is 293 g/mol. The molecule has 1 atom stereocenters. The topological polar surface area (TPSA) is 66.4 Å². The summed E-state index contributed by atoms with van der Waals surface area (Å²) in [5, 5.41) is 9.05. The van der Waals surface area contributed by atoms with Crippen LogP contribution < -0.4 is 4.72 Å². The molecule has 0 saturated heterocycles. The van der Waals surface area contributed by atoms with E-state index in [-0.39, 0.29) is 24.0 Å². The van der Waals surface area contributed by atoms with Crippen molar-refractivity contribution >= 4 is 21.6 Å². The second kappa shape index (κ2) is 6.65. The fourth-order valence-corrected chi connectivity index (χ4v) is 3.26. The molecule has 0 aliphatic heterocycles. The number of sulfonamides is 1. The van der Waals surface area contributed by atoms with Gasteiger partial charge in [-0.25, -0.2) is 17.5 Å². The van der Waals surface area contributed by atoms with Crippen LogP contribution in [0.1, 0.15) is 20.3 Å². The number of aliphatic hydroxyl groups is 1. The lowest BCUT2D eigenvalue weighted by atomic mass is 10.0. The van der Waals surface area contributed by atoms with Gasteiger partial charge in [0.2, 0.25) is 10.0 Å². The molecule has 1 aromatic carbocycles. The molecule has 1 rings (SSSR count). The predicted molar refractivity (Wildman–Crippen MR) is 72.1 cm³/mol. The van der Waals surface area contributed by atoms with Crippen LogP contribution in [0.2, 0.25) is 5.02 Å². The number of halogens is 2. The highest BCUT2D eigenvalue weighted by Crippen LogP contribution is 2.20. The number of hydrogen-bond donors (Lipinski definition) is 2. The van der Waals surface area contributed by atoms with Gasteiger partial charge in [0.05, 0.1) is 0 Å². The zero-order chi connectivity index (χ0) is 14.6. The fraction of sp³-hybridized carbons (Fsp3) is 0.500. The number of rotatable bonds is 6. The Morgan fingerprint density at radius 3 is 2.53 bits per heavy atom. The molecule has 0 heterocycles. The fourth-order valence-electron chi connectivity index (χ4n) is 1.62. The van der Waals surface area contributed by atoms with Crippen LogP contribution in [0.15, 0.2) is 23.1 Å². The minimum absolute atomic E-state index is 0.0164. The van der Waals surface area contributed by atoms with Crippen molar-refractivity contribution in [3.05, 3.63) is 29.0 Å². The van der Waals surface area contributed by atoms with Crippen molar-refractivity contribution in [2.45, 2.75) is 31.2 Å². The van der Waals surface area contributed by atoms with Crippen molar-refractivity contribution in [2.75, 3.05) is 6.61 Å². The van der Waals surface area contributed by atoms with Crippen LogP contribution in [0.25, 0.3) is 0 Å². The second-order valence-electron chi connectivity index (χ2n) is 4.56. The van der Waals surface area contributed by atoms with Crippen molar-refractivity contribution in [1.82, 2.24) is 4.72 Å². The van der Waals surface area contributed by atoms with E-state index in [1.807, 2.05) is 13.8 Å². The monoisotopic (exact) mass is 309 g/mol. The molecular formula is C12H17ClFNO3S. The first kappa shape index (κ1) is 16.4. The molecule has 0 spiro atoms.